The summed E-state index contributed by atoms with van der Waals surface area (Å²) in [5, 5.41) is 0. The molecule has 2 rings (SSSR count). The van der Waals surface area contributed by atoms with Crippen LogP contribution in [0.2, 0.25) is 0 Å². The first-order valence-electron chi connectivity index (χ1n) is 6.75. The van der Waals surface area contributed by atoms with Crippen LogP contribution in [0.15, 0.2) is 36.7 Å². The van der Waals surface area contributed by atoms with Gasteiger partial charge in [0.25, 0.3) is 0 Å². The van der Waals surface area contributed by atoms with Crippen molar-refractivity contribution in [1.82, 2.24) is 9.97 Å². The maximum Gasteiger partial charge on any atom is 0.576 e. The van der Waals surface area contributed by atoms with Crippen molar-refractivity contribution < 1.29 is 18.8 Å². The van der Waals surface area contributed by atoms with Gasteiger partial charge in [-0.2, -0.15) is 0 Å². The average molecular weight is 288 g/mol. The van der Waals surface area contributed by atoms with E-state index in [4.69, 9.17) is 18.8 Å². The van der Waals surface area contributed by atoms with E-state index in [1.54, 1.807) is 36.7 Å². The van der Waals surface area contributed by atoms with E-state index in [0.29, 0.717) is 36.5 Å². The Bertz CT molecular complexity index is 484. The minimum Gasteiger partial charge on any atom is -0.527 e. The lowest BCUT2D eigenvalue weighted by atomic mass is 10.3. The van der Waals surface area contributed by atoms with Crippen molar-refractivity contribution in [3.05, 3.63) is 36.7 Å². The first-order valence-corrected chi connectivity index (χ1v) is 6.75. The lowest BCUT2D eigenvalue weighted by Gasteiger charge is -2.08. The van der Waals surface area contributed by atoms with E-state index in [-0.39, 0.29) is 7.69 Å². The summed E-state index contributed by atoms with van der Waals surface area (Å²) < 4.78 is 21.3. The fourth-order valence-corrected chi connectivity index (χ4v) is 1.54. The van der Waals surface area contributed by atoms with Crippen LogP contribution in [-0.4, -0.2) is 30.9 Å². The molecular weight excluding hydrogens is 271 g/mol. The monoisotopic (exact) mass is 288 g/mol. The highest BCUT2D eigenvalue weighted by molar-refractivity contribution is 6.20. The molecule has 0 amide bonds. The van der Waals surface area contributed by atoms with Gasteiger partial charge in [0.1, 0.15) is 11.5 Å². The highest BCUT2D eigenvalue weighted by atomic mass is 16.6. The molecule has 0 bridgehead atoms. The predicted octanol–water partition coefficient (Wildman–Crippen LogP) is 2.00. The maximum absolute atomic E-state index is 5.42. The normalized spacial score (nSPS) is 9.81. The highest BCUT2D eigenvalue weighted by Gasteiger charge is 2.02. The molecule has 0 atom stereocenters. The molecular formula is C14H17BN2O4. The van der Waals surface area contributed by atoms with Gasteiger partial charge in [-0.25, -0.2) is 9.97 Å². The van der Waals surface area contributed by atoms with Gasteiger partial charge in [0.05, 0.1) is 25.6 Å². The van der Waals surface area contributed by atoms with Crippen LogP contribution in [0.4, 0.5) is 0 Å². The Labute approximate surface area is 124 Å². The summed E-state index contributed by atoms with van der Waals surface area (Å²) in [6, 6.07) is 7.05. The van der Waals surface area contributed by atoms with Gasteiger partial charge in [-0.3, -0.25) is 0 Å². The Morgan fingerprint density at radius 1 is 0.810 bits per heavy atom. The first kappa shape index (κ1) is 15.0. The van der Waals surface area contributed by atoms with Gasteiger partial charge in [0, 0.05) is 12.1 Å². The molecule has 0 aliphatic heterocycles. The number of aromatic nitrogens is 2. The molecule has 2 aromatic heterocycles. The Morgan fingerprint density at radius 2 is 1.29 bits per heavy atom. The van der Waals surface area contributed by atoms with Crippen LogP contribution in [0.5, 0.6) is 23.3 Å². The maximum atomic E-state index is 5.42. The SMILES string of the molecule is CCOc1ccc(OBOc2ccc(OCC)nc2)cn1. The van der Waals surface area contributed by atoms with E-state index >= 15 is 0 Å². The van der Waals surface area contributed by atoms with Gasteiger partial charge in [-0.15, -0.1) is 0 Å². The zero-order valence-corrected chi connectivity index (χ0v) is 12.1. The Morgan fingerprint density at radius 3 is 1.62 bits per heavy atom. The zero-order chi connectivity index (χ0) is 14.9. The van der Waals surface area contributed by atoms with Gasteiger partial charge in [-0.1, -0.05) is 0 Å². The van der Waals surface area contributed by atoms with Crippen LogP contribution < -0.4 is 18.8 Å². The summed E-state index contributed by atoms with van der Waals surface area (Å²) in [4.78, 5) is 8.19. The smallest absolute Gasteiger partial charge is 0.527 e. The number of nitrogens with zero attached hydrogens (tertiary/aromatic N) is 2. The second kappa shape index (κ2) is 7.99. The molecule has 0 saturated carbocycles. The Kier molecular flexibility index (Phi) is 5.69. The fourth-order valence-electron chi connectivity index (χ4n) is 1.54. The van der Waals surface area contributed by atoms with Crippen LogP contribution in [0.1, 0.15) is 13.8 Å². The largest absolute Gasteiger partial charge is 0.576 e. The van der Waals surface area contributed by atoms with E-state index in [1.165, 1.54) is 0 Å². The molecule has 0 aliphatic rings. The van der Waals surface area contributed by atoms with Crippen molar-refractivity contribution in [2.24, 2.45) is 0 Å². The first-order chi connectivity index (χ1) is 10.3. The molecule has 110 valence electrons. The van der Waals surface area contributed by atoms with E-state index in [9.17, 15) is 0 Å². The molecule has 0 spiro atoms. The number of rotatable bonds is 8. The van der Waals surface area contributed by atoms with Crippen molar-refractivity contribution in [1.29, 1.82) is 0 Å². The van der Waals surface area contributed by atoms with Crippen LogP contribution >= 0.6 is 0 Å². The van der Waals surface area contributed by atoms with Crippen molar-refractivity contribution >= 4 is 7.69 Å². The molecule has 0 aliphatic carbocycles. The van der Waals surface area contributed by atoms with Crippen molar-refractivity contribution in [2.75, 3.05) is 13.2 Å². The molecule has 7 heteroatoms. The van der Waals surface area contributed by atoms with Crippen molar-refractivity contribution in [2.45, 2.75) is 13.8 Å². The molecule has 2 aromatic rings. The molecule has 6 nitrogen and oxygen atoms in total. The van der Waals surface area contributed by atoms with Gasteiger partial charge < -0.3 is 18.8 Å². The van der Waals surface area contributed by atoms with Gasteiger partial charge in [0.2, 0.25) is 11.8 Å². The summed E-state index contributed by atoms with van der Waals surface area (Å²) in [7, 11) is 0.0747. The van der Waals surface area contributed by atoms with Crippen LogP contribution in [0.3, 0.4) is 0 Å². The highest BCUT2D eigenvalue weighted by Crippen LogP contribution is 2.15. The second-order valence-corrected chi connectivity index (χ2v) is 3.94. The average Bonchev–Trinajstić information content (AvgIpc) is 2.51. The standard InChI is InChI=1S/C14H17BN2O4/c1-3-18-13-7-5-11(9-16-13)20-15-21-12-6-8-14(17-10-12)19-4-2/h5-10,15H,3-4H2,1-2H3. The minimum atomic E-state index is 0.0747. The minimum absolute atomic E-state index is 0.0747. The Balaban J connectivity index is 1.78. The summed E-state index contributed by atoms with van der Waals surface area (Å²) in [5.41, 5.74) is 0. The summed E-state index contributed by atoms with van der Waals surface area (Å²) in [6.45, 7) is 4.98. The third-order valence-corrected chi connectivity index (χ3v) is 2.45. The van der Waals surface area contributed by atoms with Crippen LogP contribution in [0, 0.1) is 0 Å². The second-order valence-electron chi connectivity index (χ2n) is 3.94. The van der Waals surface area contributed by atoms with E-state index in [1.807, 2.05) is 13.8 Å². The molecule has 21 heavy (non-hydrogen) atoms. The third kappa shape index (κ3) is 4.87. The van der Waals surface area contributed by atoms with Crippen molar-refractivity contribution in [3.8, 4) is 23.3 Å². The van der Waals surface area contributed by atoms with Crippen LogP contribution in [-0.2, 0) is 0 Å². The van der Waals surface area contributed by atoms with E-state index in [2.05, 4.69) is 9.97 Å². The van der Waals surface area contributed by atoms with Gasteiger partial charge in [-0.05, 0) is 26.0 Å². The zero-order valence-electron chi connectivity index (χ0n) is 12.1. The Hall–Kier alpha value is -2.44. The lowest BCUT2D eigenvalue weighted by molar-refractivity contribution is 0.325. The lowest BCUT2D eigenvalue weighted by Crippen LogP contribution is -2.11. The van der Waals surface area contributed by atoms with Crippen molar-refractivity contribution in [3.63, 3.8) is 0 Å². The predicted molar refractivity (Wildman–Crippen MR) is 79.2 cm³/mol. The molecule has 2 heterocycles. The fraction of sp³-hybridized carbons (Fsp3) is 0.286. The summed E-state index contributed by atoms with van der Waals surface area (Å²) >= 11 is 0. The number of hydrogen-bond donors (Lipinski definition) is 0. The van der Waals surface area contributed by atoms with Crippen LogP contribution in [0.25, 0.3) is 0 Å². The van der Waals surface area contributed by atoms with E-state index < -0.39 is 0 Å². The topological polar surface area (TPSA) is 62.7 Å². The molecule has 0 aromatic carbocycles. The molecule has 0 fully saturated rings. The number of hydrogen-bond acceptors (Lipinski definition) is 6. The third-order valence-electron chi connectivity index (χ3n) is 2.45. The number of pyridine rings is 2. The summed E-state index contributed by atoms with van der Waals surface area (Å²) in [6.07, 6.45) is 3.18. The van der Waals surface area contributed by atoms with Gasteiger partial charge in [0.15, 0.2) is 0 Å². The molecule has 0 unspecified atom stereocenters. The number of ether oxygens (including phenoxy) is 2. The molecule has 0 N–H and O–H groups in total. The molecule has 0 saturated heterocycles. The quantitative estimate of drug-likeness (QED) is 0.692. The van der Waals surface area contributed by atoms with Gasteiger partial charge >= 0.3 is 7.69 Å². The molecule has 0 radical (unpaired) electrons. The van der Waals surface area contributed by atoms with E-state index in [0.717, 1.165) is 0 Å². The summed E-state index contributed by atoms with van der Waals surface area (Å²) in [5.74, 6) is 2.36.